The first-order valence-corrected chi connectivity index (χ1v) is 8.93. The molecule has 1 aliphatic rings. The molecule has 0 unspecified atom stereocenters. The number of urea groups is 1. The molecule has 1 fully saturated rings. The zero-order valence-corrected chi connectivity index (χ0v) is 15.1. The fourth-order valence-electron chi connectivity index (χ4n) is 3.23. The number of piperidine rings is 1. The van der Waals surface area contributed by atoms with E-state index in [1.54, 1.807) is 4.90 Å². The smallest absolute Gasteiger partial charge is 0.323 e. The predicted molar refractivity (Wildman–Crippen MR) is 97.2 cm³/mol. The lowest BCUT2D eigenvalue weighted by molar-refractivity contribution is 0.113. The highest BCUT2D eigenvalue weighted by Gasteiger charge is 2.30. The maximum absolute atomic E-state index is 12.5. The highest BCUT2D eigenvalue weighted by molar-refractivity contribution is 7.10. The van der Waals surface area contributed by atoms with Crippen LogP contribution in [0.25, 0.3) is 11.4 Å². The van der Waals surface area contributed by atoms with Crippen molar-refractivity contribution in [3.05, 3.63) is 30.3 Å². The summed E-state index contributed by atoms with van der Waals surface area (Å²) in [5.74, 6) is 1.10. The van der Waals surface area contributed by atoms with Crippen molar-refractivity contribution in [3.8, 4) is 11.4 Å². The van der Waals surface area contributed by atoms with Crippen molar-refractivity contribution < 1.29 is 4.79 Å². The lowest BCUT2D eigenvalue weighted by Gasteiger charge is -2.39. The van der Waals surface area contributed by atoms with E-state index in [9.17, 15) is 4.79 Å². The number of benzene rings is 1. The number of hydrogen-bond acceptors (Lipinski definition) is 5. The summed E-state index contributed by atoms with van der Waals surface area (Å²) in [5, 5.41) is 3.41. The van der Waals surface area contributed by atoms with Gasteiger partial charge < -0.3 is 9.80 Å². The maximum Gasteiger partial charge on any atom is 0.323 e. The van der Waals surface area contributed by atoms with Crippen molar-refractivity contribution in [1.82, 2.24) is 19.2 Å². The van der Waals surface area contributed by atoms with Gasteiger partial charge in [-0.15, -0.1) is 0 Å². The normalized spacial score (nSPS) is 21.5. The SMILES string of the molecule is C[C@@H]1CN(C)CC[C@@H]1N(C)C(=O)Nc1nc(-c2ccccc2)ns1. The number of anilines is 1. The maximum atomic E-state index is 12.5. The quantitative estimate of drug-likeness (QED) is 0.929. The van der Waals surface area contributed by atoms with Crippen molar-refractivity contribution in [2.75, 3.05) is 32.5 Å². The minimum Gasteiger partial charge on any atom is -0.324 e. The summed E-state index contributed by atoms with van der Waals surface area (Å²) < 4.78 is 4.33. The number of carbonyl (C=O) groups is 1. The van der Waals surface area contributed by atoms with E-state index in [4.69, 9.17) is 0 Å². The first-order chi connectivity index (χ1) is 11.5. The van der Waals surface area contributed by atoms with Crippen LogP contribution in [0.5, 0.6) is 0 Å². The average molecular weight is 345 g/mol. The van der Waals surface area contributed by atoms with Gasteiger partial charge in [-0.1, -0.05) is 37.3 Å². The van der Waals surface area contributed by atoms with Gasteiger partial charge in [0.15, 0.2) is 5.82 Å². The molecule has 128 valence electrons. The average Bonchev–Trinajstić information content (AvgIpc) is 3.03. The molecule has 0 spiro atoms. The summed E-state index contributed by atoms with van der Waals surface area (Å²) in [6, 6.07) is 9.90. The third-order valence-electron chi connectivity index (χ3n) is 4.55. The zero-order valence-electron chi connectivity index (χ0n) is 14.3. The molecule has 0 aliphatic carbocycles. The monoisotopic (exact) mass is 345 g/mol. The van der Waals surface area contributed by atoms with Crippen LogP contribution in [0, 0.1) is 5.92 Å². The molecule has 6 nitrogen and oxygen atoms in total. The van der Waals surface area contributed by atoms with Gasteiger partial charge in [-0.2, -0.15) is 9.36 Å². The van der Waals surface area contributed by atoms with Crippen molar-refractivity contribution >= 4 is 22.7 Å². The van der Waals surface area contributed by atoms with Gasteiger partial charge in [0.25, 0.3) is 0 Å². The highest BCUT2D eigenvalue weighted by Crippen LogP contribution is 2.23. The van der Waals surface area contributed by atoms with Crippen LogP contribution >= 0.6 is 11.5 Å². The Hall–Kier alpha value is -1.99. The van der Waals surface area contributed by atoms with Crippen LogP contribution in [0.3, 0.4) is 0 Å². The number of nitrogens with one attached hydrogen (secondary N) is 1. The van der Waals surface area contributed by atoms with Crippen LogP contribution in [-0.2, 0) is 0 Å². The van der Waals surface area contributed by atoms with Crippen LogP contribution in [0.1, 0.15) is 13.3 Å². The highest BCUT2D eigenvalue weighted by atomic mass is 32.1. The predicted octanol–water partition coefficient (Wildman–Crippen LogP) is 3.01. The summed E-state index contributed by atoms with van der Waals surface area (Å²) in [7, 11) is 3.99. The summed E-state index contributed by atoms with van der Waals surface area (Å²) >= 11 is 1.21. The van der Waals surface area contributed by atoms with E-state index >= 15 is 0 Å². The molecule has 1 aromatic heterocycles. The van der Waals surface area contributed by atoms with Gasteiger partial charge in [0.1, 0.15) is 0 Å². The minimum atomic E-state index is -0.118. The number of rotatable bonds is 3. The third-order valence-corrected chi connectivity index (χ3v) is 5.18. The lowest BCUT2D eigenvalue weighted by Crippen LogP contribution is -2.50. The third kappa shape index (κ3) is 3.73. The molecule has 0 bridgehead atoms. The Bertz CT molecular complexity index is 689. The van der Waals surface area contributed by atoms with E-state index in [2.05, 4.69) is 33.5 Å². The van der Waals surface area contributed by atoms with Crippen molar-refractivity contribution in [2.45, 2.75) is 19.4 Å². The molecule has 1 aliphatic heterocycles. The molecule has 1 saturated heterocycles. The number of amides is 2. The summed E-state index contributed by atoms with van der Waals surface area (Å²) in [6.45, 7) is 4.23. The van der Waals surface area contributed by atoms with Gasteiger partial charge in [-0.25, -0.2) is 4.79 Å². The van der Waals surface area contributed by atoms with Crippen molar-refractivity contribution in [1.29, 1.82) is 0 Å². The van der Waals surface area contributed by atoms with Crippen molar-refractivity contribution in [2.24, 2.45) is 5.92 Å². The summed E-state index contributed by atoms with van der Waals surface area (Å²) in [4.78, 5) is 21.1. The Balaban J connectivity index is 1.63. The van der Waals surface area contributed by atoms with Crippen LogP contribution in [0.2, 0.25) is 0 Å². The van der Waals surface area contributed by atoms with Gasteiger partial charge in [-0.3, -0.25) is 5.32 Å². The molecular weight excluding hydrogens is 322 g/mol. The number of nitrogens with zero attached hydrogens (tertiary/aromatic N) is 4. The molecule has 2 aromatic rings. The first-order valence-electron chi connectivity index (χ1n) is 8.16. The summed E-state index contributed by atoms with van der Waals surface area (Å²) in [5.41, 5.74) is 0.951. The number of aromatic nitrogens is 2. The fraction of sp³-hybridized carbons (Fsp3) is 0.471. The Morgan fingerprint density at radius 1 is 1.38 bits per heavy atom. The standard InChI is InChI=1S/C17H23N5OS/c1-12-11-21(2)10-9-14(12)22(3)17(23)19-16-18-15(20-24-16)13-7-5-4-6-8-13/h4-8,12,14H,9-11H2,1-3H3,(H,18,19,20,23)/t12-,14+/m1/s1. The first kappa shape index (κ1) is 16.9. The van der Waals surface area contributed by atoms with Gasteiger partial charge >= 0.3 is 6.03 Å². The molecule has 3 rings (SSSR count). The second-order valence-electron chi connectivity index (χ2n) is 6.43. The van der Waals surface area contributed by atoms with E-state index in [-0.39, 0.29) is 12.1 Å². The molecule has 1 N–H and O–H groups in total. The molecule has 2 amide bonds. The Kier molecular flexibility index (Phi) is 5.11. The van der Waals surface area contributed by atoms with Gasteiger partial charge in [0, 0.05) is 36.7 Å². The number of carbonyl (C=O) groups excluding carboxylic acids is 1. The fourth-order valence-corrected chi connectivity index (χ4v) is 3.81. The van der Waals surface area contributed by atoms with Gasteiger partial charge in [0.2, 0.25) is 5.13 Å². The van der Waals surface area contributed by atoms with Gasteiger partial charge in [-0.05, 0) is 25.9 Å². The Morgan fingerprint density at radius 3 is 2.83 bits per heavy atom. The Morgan fingerprint density at radius 2 is 2.12 bits per heavy atom. The second-order valence-corrected chi connectivity index (χ2v) is 7.18. The minimum absolute atomic E-state index is 0.118. The van der Waals surface area contributed by atoms with Crippen LogP contribution in [0.4, 0.5) is 9.93 Å². The van der Waals surface area contributed by atoms with E-state index < -0.39 is 0 Å². The molecule has 2 atom stereocenters. The van der Waals surface area contributed by atoms with Crippen LogP contribution < -0.4 is 5.32 Å². The van der Waals surface area contributed by atoms with Crippen molar-refractivity contribution in [3.63, 3.8) is 0 Å². The second kappa shape index (κ2) is 7.27. The summed E-state index contributed by atoms with van der Waals surface area (Å²) in [6.07, 6.45) is 0.993. The molecular formula is C17H23N5OS. The van der Waals surface area contributed by atoms with E-state index in [1.165, 1.54) is 11.5 Å². The largest absolute Gasteiger partial charge is 0.324 e. The molecule has 0 radical (unpaired) electrons. The molecule has 1 aromatic carbocycles. The van der Waals surface area contributed by atoms with Gasteiger partial charge in [0.05, 0.1) is 0 Å². The van der Waals surface area contributed by atoms with Crippen LogP contribution in [0.15, 0.2) is 30.3 Å². The Labute approximate surface area is 146 Å². The number of hydrogen-bond donors (Lipinski definition) is 1. The zero-order chi connectivity index (χ0) is 17.1. The topological polar surface area (TPSA) is 61.4 Å². The molecule has 2 heterocycles. The van der Waals surface area contributed by atoms with E-state index in [0.29, 0.717) is 16.9 Å². The van der Waals surface area contributed by atoms with E-state index in [1.807, 2.05) is 37.4 Å². The molecule has 0 saturated carbocycles. The molecule has 24 heavy (non-hydrogen) atoms. The lowest BCUT2D eigenvalue weighted by atomic mass is 9.93. The van der Waals surface area contributed by atoms with Crippen LogP contribution in [-0.4, -0.2) is 58.4 Å². The number of likely N-dealkylation sites (tertiary alicyclic amines) is 1. The van der Waals surface area contributed by atoms with E-state index in [0.717, 1.165) is 25.1 Å². The molecule has 7 heteroatoms.